The number of aliphatic hydroxyl groups is 1. The fourth-order valence-electron chi connectivity index (χ4n) is 2.29. The van der Waals surface area contributed by atoms with Crippen LogP contribution in [0.15, 0.2) is 0 Å². The second kappa shape index (κ2) is 4.95. The van der Waals surface area contributed by atoms with Crippen molar-refractivity contribution in [3.8, 4) is 0 Å². The number of aromatic nitrogens is 1. The Hall–Kier alpha value is -1.38. The second-order valence-electron chi connectivity index (χ2n) is 5.17. The predicted octanol–water partition coefficient (Wildman–Crippen LogP) is -0.200. The Morgan fingerprint density at radius 1 is 1.68 bits per heavy atom. The first kappa shape index (κ1) is 14.0. The highest BCUT2D eigenvalue weighted by Crippen LogP contribution is 2.34. The van der Waals surface area contributed by atoms with Gasteiger partial charge < -0.3 is 26.2 Å². The highest BCUT2D eigenvalue weighted by Gasteiger charge is 2.35. The van der Waals surface area contributed by atoms with Crippen LogP contribution in [-0.4, -0.2) is 46.8 Å². The maximum atomic E-state index is 11.5. The molecule has 0 bridgehead atoms. The lowest BCUT2D eigenvalue weighted by molar-refractivity contribution is -0.100. The van der Waals surface area contributed by atoms with E-state index in [4.69, 9.17) is 16.2 Å². The fourth-order valence-corrected chi connectivity index (χ4v) is 3.11. The molecule has 1 saturated heterocycles. The lowest BCUT2D eigenvalue weighted by atomic mass is 10.1. The minimum Gasteiger partial charge on any atom is -0.394 e. The molecular formula is C11H18N4O3S. The minimum atomic E-state index is -0.592. The van der Waals surface area contributed by atoms with E-state index >= 15 is 0 Å². The topological polar surface area (TPSA) is 115 Å². The number of amides is 1. The molecular weight excluding hydrogens is 268 g/mol. The van der Waals surface area contributed by atoms with Crippen LogP contribution < -0.4 is 16.4 Å². The van der Waals surface area contributed by atoms with Crippen LogP contribution in [0.1, 0.15) is 24.2 Å². The molecule has 2 heterocycles. The van der Waals surface area contributed by atoms with Gasteiger partial charge in [0.15, 0.2) is 5.82 Å². The van der Waals surface area contributed by atoms with Crippen LogP contribution in [0.25, 0.3) is 0 Å². The van der Waals surface area contributed by atoms with E-state index in [1.165, 1.54) is 0 Å². The van der Waals surface area contributed by atoms with Crippen molar-refractivity contribution in [2.24, 2.45) is 5.73 Å². The van der Waals surface area contributed by atoms with Crippen LogP contribution in [0, 0.1) is 0 Å². The molecule has 0 aliphatic carbocycles. The third-order valence-electron chi connectivity index (χ3n) is 2.92. The number of hydrogen-bond donors (Lipinski definition) is 3. The van der Waals surface area contributed by atoms with Gasteiger partial charge in [-0.25, -0.2) is 0 Å². The van der Waals surface area contributed by atoms with Gasteiger partial charge in [-0.3, -0.25) is 4.79 Å². The van der Waals surface area contributed by atoms with Crippen LogP contribution in [-0.2, 0) is 4.74 Å². The summed E-state index contributed by atoms with van der Waals surface area (Å²) in [6, 6.07) is 0. The molecule has 1 atom stereocenters. The summed E-state index contributed by atoms with van der Waals surface area (Å²) in [7, 11) is 0. The average Bonchev–Trinajstić information content (AvgIpc) is 2.69. The molecule has 7 nitrogen and oxygen atoms in total. The summed E-state index contributed by atoms with van der Waals surface area (Å²) in [5, 5.41) is 9.93. The number of hydrogen-bond acceptors (Lipinski definition) is 7. The number of primary amides is 1. The van der Waals surface area contributed by atoms with E-state index in [2.05, 4.69) is 4.37 Å². The molecule has 0 spiro atoms. The summed E-state index contributed by atoms with van der Waals surface area (Å²) in [6.45, 7) is 4.82. The predicted molar refractivity (Wildman–Crippen MR) is 73.3 cm³/mol. The van der Waals surface area contributed by atoms with E-state index < -0.39 is 11.5 Å². The molecule has 19 heavy (non-hydrogen) atoms. The van der Waals surface area contributed by atoms with Gasteiger partial charge in [0, 0.05) is 13.1 Å². The van der Waals surface area contributed by atoms with Gasteiger partial charge in [-0.05, 0) is 25.4 Å². The van der Waals surface area contributed by atoms with Gasteiger partial charge in [-0.15, -0.1) is 0 Å². The first-order valence-electron chi connectivity index (χ1n) is 5.92. The monoisotopic (exact) mass is 286 g/mol. The first-order valence-corrected chi connectivity index (χ1v) is 6.70. The van der Waals surface area contributed by atoms with E-state index in [1.54, 1.807) is 0 Å². The molecule has 1 aromatic rings. The Morgan fingerprint density at radius 3 is 2.95 bits per heavy atom. The van der Waals surface area contributed by atoms with Crippen LogP contribution in [0.2, 0.25) is 0 Å². The molecule has 0 aromatic carbocycles. The Balaban J connectivity index is 2.33. The molecule has 1 unspecified atom stereocenters. The quantitative estimate of drug-likeness (QED) is 0.709. The highest BCUT2D eigenvalue weighted by molar-refractivity contribution is 7.11. The number of aliphatic hydroxyl groups excluding tert-OH is 1. The van der Waals surface area contributed by atoms with Gasteiger partial charge >= 0.3 is 0 Å². The zero-order chi connectivity index (χ0) is 14.2. The maximum absolute atomic E-state index is 11.5. The van der Waals surface area contributed by atoms with E-state index in [0.717, 1.165) is 11.5 Å². The third kappa shape index (κ3) is 2.80. The number of anilines is 2. The molecule has 2 rings (SSSR count). The van der Waals surface area contributed by atoms with Crippen molar-refractivity contribution < 1.29 is 14.6 Å². The SMILES string of the molecule is CC1(C)CN(c2snc(N)c2C(N)=O)CC(CO)O1. The maximum Gasteiger partial charge on any atom is 0.255 e. The van der Waals surface area contributed by atoms with Crippen molar-refractivity contribution in [2.75, 3.05) is 30.3 Å². The zero-order valence-electron chi connectivity index (χ0n) is 10.9. The minimum absolute atomic E-state index is 0.0832. The Labute approximate surface area is 115 Å². The largest absolute Gasteiger partial charge is 0.394 e. The van der Waals surface area contributed by atoms with Gasteiger partial charge in [-0.2, -0.15) is 4.37 Å². The van der Waals surface area contributed by atoms with Gasteiger partial charge in [0.2, 0.25) is 0 Å². The van der Waals surface area contributed by atoms with Crippen LogP contribution in [0.3, 0.4) is 0 Å². The van der Waals surface area contributed by atoms with E-state index in [-0.39, 0.29) is 24.1 Å². The third-order valence-corrected chi connectivity index (χ3v) is 3.84. The Kier molecular flexibility index (Phi) is 3.66. The summed E-state index contributed by atoms with van der Waals surface area (Å²) in [6.07, 6.45) is -0.312. The summed E-state index contributed by atoms with van der Waals surface area (Å²) in [4.78, 5) is 13.4. The molecule has 106 valence electrons. The molecule has 5 N–H and O–H groups in total. The summed E-state index contributed by atoms with van der Waals surface area (Å²) in [5.74, 6) is -0.441. The van der Waals surface area contributed by atoms with Gasteiger partial charge in [0.05, 0.1) is 18.3 Å². The van der Waals surface area contributed by atoms with Crippen LogP contribution in [0.5, 0.6) is 0 Å². The van der Waals surface area contributed by atoms with E-state index in [0.29, 0.717) is 18.1 Å². The number of carbonyl (C=O) groups excluding carboxylic acids is 1. The van der Waals surface area contributed by atoms with Crippen molar-refractivity contribution in [2.45, 2.75) is 25.6 Å². The molecule has 1 amide bonds. The highest BCUT2D eigenvalue weighted by atomic mass is 32.1. The van der Waals surface area contributed by atoms with Crippen LogP contribution >= 0.6 is 11.5 Å². The smallest absolute Gasteiger partial charge is 0.255 e. The number of nitrogen functional groups attached to an aromatic ring is 1. The fraction of sp³-hybridized carbons (Fsp3) is 0.636. The summed E-state index contributed by atoms with van der Waals surface area (Å²) >= 11 is 1.14. The second-order valence-corrected chi connectivity index (χ2v) is 5.93. The van der Waals surface area contributed by atoms with E-state index in [9.17, 15) is 9.90 Å². The molecule has 0 radical (unpaired) electrons. The number of carbonyl (C=O) groups is 1. The zero-order valence-corrected chi connectivity index (χ0v) is 11.7. The van der Waals surface area contributed by atoms with Crippen molar-refractivity contribution in [3.63, 3.8) is 0 Å². The first-order chi connectivity index (χ1) is 8.84. The van der Waals surface area contributed by atoms with E-state index in [1.807, 2.05) is 18.7 Å². The molecule has 1 aromatic heterocycles. The van der Waals surface area contributed by atoms with Gasteiger partial charge in [0.1, 0.15) is 10.6 Å². The van der Waals surface area contributed by atoms with Crippen LogP contribution in [0.4, 0.5) is 10.8 Å². The molecule has 1 aliphatic heterocycles. The summed E-state index contributed by atoms with van der Waals surface area (Å²) < 4.78 is 9.71. The van der Waals surface area contributed by atoms with Gasteiger partial charge in [-0.1, -0.05) is 0 Å². The number of rotatable bonds is 3. The summed E-state index contributed by atoms with van der Waals surface area (Å²) in [5.41, 5.74) is 10.8. The Bertz CT molecular complexity index is 488. The van der Waals surface area contributed by atoms with Gasteiger partial charge in [0.25, 0.3) is 5.91 Å². The average molecular weight is 286 g/mol. The standard InChI is InChI=1S/C11H18N4O3S/c1-11(2)5-15(3-6(4-16)18-11)10-7(9(13)17)8(12)14-19-10/h6,16H,3-5H2,1-2H3,(H2,12,14)(H2,13,17). The number of nitrogens with two attached hydrogens (primary N) is 2. The number of morpholine rings is 1. The Morgan fingerprint density at radius 2 is 2.37 bits per heavy atom. The number of nitrogens with zero attached hydrogens (tertiary/aromatic N) is 2. The lowest BCUT2D eigenvalue weighted by Crippen LogP contribution is -2.54. The molecule has 8 heteroatoms. The van der Waals surface area contributed by atoms with Crippen molar-refractivity contribution in [1.29, 1.82) is 0 Å². The normalized spacial score (nSPS) is 22.5. The molecule has 0 saturated carbocycles. The van der Waals surface area contributed by atoms with Crippen molar-refractivity contribution in [1.82, 2.24) is 4.37 Å². The number of ether oxygens (including phenoxy) is 1. The van der Waals surface area contributed by atoms with Crippen molar-refractivity contribution >= 4 is 28.3 Å². The molecule has 1 fully saturated rings. The van der Waals surface area contributed by atoms with Crippen molar-refractivity contribution in [3.05, 3.63) is 5.56 Å². The molecule has 1 aliphatic rings. The lowest BCUT2D eigenvalue weighted by Gasteiger charge is -2.42.